The molecule has 4 rings (SSSR count). The van der Waals surface area contributed by atoms with E-state index in [4.69, 9.17) is 4.74 Å². The minimum absolute atomic E-state index is 0.0551. The third kappa shape index (κ3) is 3.99. The Bertz CT molecular complexity index is 1060. The highest BCUT2D eigenvalue weighted by Gasteiger charge is 2.29. The van der Waals surface area contributed by atoms with Crippen LogP contribution in [-0.2, 0) is 11.3 Å². The van der Waals surface area contributed by atoms with Crippen molar-refractivity contribution >= 4 is 33.3 Å². The summed E-state index contributed by atoms with van der Waals surface area (Å²) in [4.78, 5) is 28.6. The molecule has 0 bridgehead atoms. The van der Waals surface area contributed by atoms with Gasteiger partial charge in [-0.1, -0.05) is 12.1 Å². The first kappa shape index (κ1) is 20.6. The summed E-state index contributed by atoms with van der Waals surface area (Å²) in [5.74, 6) is 2.10. The summed E-state index contributed by atoms with van der Waals surface area (Å²) >= 11 is 1.72. The number of thiophene rings is 1. The number of methoxy groups -OCH3 is 1. The molecule has 3 aromatic rings. The fourth-order valence-corrected chi connectivity index (χ4v) is 5.17. The summed E-state index contributed by atoms with van der Waals surface area (Å²) in [5.41, 5.74) is 2.34. The molecule has 0 aliphatic carbocycles. The lowest BCUT2D eigenvalue weighted by Crippen LogP contribution is -2.41. The number of amides is 1. The first-order valence-electron chi connectivity index (χ1n) is 10.3. The van der Waals surface area contributed by atoms with Crippen molar-refractivity contribution in [2.45, 2.75) is 33.2 Å². The molecule has 1 amide bonds. The van der Waals surface area contributed by atoms with E-state index in [0.29, 0.717) is 6.54 Å². The summed E-state index contributed by atoms with van der Waals surface area (Å²) in [6, 6.07) is 7.89. The van der Waals surface area contributed by atoms with Gasteiger partial charge < -0.3 is 14.5 Å². The Hall–Kier alpha value is -2.67. The number of hydrogen-bond acceptors (Lipinski definition) is 6. The number of carbonyl (C=O) groups excluding carboxylic acids is 1. The van der Waals surface area contributed by atoms with E-state index in [9.17, 15) is 4.79 Å². The molecule has 1 saturated heterocycles. The first-order chi connectivity index (χ1) is 14.5. The molecular formula is C23H28N4O2S. The monoisotopic (exact) mass is 424 g/mol. The molecule has 6 nitrogen and oxygen atoms in total. The topological polar surface area (TPSA) is 58.6 Å². The number of rotatable bonds is 5. The van der Waals surface area contributed by atoms with Crippen LogP contribution in [0.3, 0.4) is 0 Å². The van der Waals surface area contributed by atoms with Crippen LogP contribution in [0.25, 0.3) is 10.2 Å². The van der Waals surface area contributed by atoms with Crippen LogP contribution < -0.4 is 9.64 Å². The highest BCUT2D eigenvalue weighted by atomic mass is 32.1. The standard InChI is InChI=1S/C23H28N4O2S/c1-15-16(2)30-22-20(15)21(24-14-25-22)27-10-8-18(9-11-27)23(28)26(3)13-17-6-5-7-19(12-17)29-4/h5-7,12,14,18H,8-11,13H2,1-4H3. The smallest absolute Gasteiger partial charge is 0.225 e. The lowest BCUT2D eigenvalue weighted by atomic mass is 9.95. The molecule has 7 heteroatoms. The van der Waals surface area contributed by atoms with Gasteiger partial charge in [0.05, 0.1) is 12.5 Å². The molecule has 30 heavy (non-hydrogen) atoms. The second-order valence-corrected chi connectivity index (χ2v) is 9.17. The molecule has 0 atom stereocenters. The molecule has 0 saturated carbocycles. The van der Waals surface area contributed by atoms with E-state index in [1.54, 1.807) is 24.8 Å². The summed E-state index contributed by atoms with van der Waals surface area (Å²) in [7, 11) is 3.55. The largest absolute Gasteiger partial charge is 0.497 e. The Morgan fingerprint density at radius 1 is 1.27 bits per heavy atom. The average Bonchev–Trinajstić information content (AvgIpc) is 3.07. The molecule has 0 N–H and O–H groups in total. The van der Waals surface area contributed by atoms with E-state index in [1.807, 2.05) is 36.2 Å². The second-order valence-electron chi connectivity index (χ2n) is 7.97. The Morgan fingerprint density at radius 3 is 2.77 bits per heavy atom. The zero-order valence-corrected chi connectivity index (χ0v) is 18.8. The van der Waals surface area contributed by atoms with Crippen LogP contribution in [0, 0.1) is 19.8 Å². The van der Waals surface area contributed by atoms with Gasteiger partial charge in [-0.3, -0.25) is 4.79 Å². The van der Waals surface area contributed by atoms with Crippen molar-refractivity contribution in [3.8, 4) is 5.75 Å². The minimum Gasteiger partial charge on any atom is -0.497 e. The number of nitrogens with zero attached hydrogens (tertiary/aromatic N) is 4. The van der Waals surface area contributed by atoms with Crippen LogP contribution in [0.1, 0.15) is 28.8 Å². The van der Waals surface area contributed by atoms with Crippen molar-refractivity contribution in [1.82, 2.24) is 14.9 Å². The third-order valence-electron chi connectivity index (χ3n) is 6.02. The number of benzene rings is 1. The normalized spacial score (nSPS) is 14.9. The molecule has 158 valence electrons. The maximum atomic E-state index is 13.0. The van der Waals surface area contributed by atoms with Crippen LogP contribution >= 0.6 is 11.3 Å². The predicted molar refractivity (Wildman–Crippen MR) is 121 cm³/mol. The molecule has 1 aliphatic rings. The second kappa shape index (κ2) is 8.60. The minimum atomic E-state index is 0.0551. The Morgan fingerprint density at radius 2 is 2.03 bits per heavy atom. The van der Waals surface area contributed by atoms with Gasteiger partial charge in [0, 0.05) is 37.5 Å². The first-order valence-corrected chi connectivity index (χ1v) is 11.1. The molecular weight excluding hydrogens is 396 g/mol. The van der Waals surface area contributed by atoms with Crippen molar-refractivity contribution in [3.05, 3.63) is 46.6 Å². The fourth-order valence-electron chi connectivity index (χ4n) is 4.18. The molecule has 1 aliphatic heterocycles. The van der Waals surface area contributed by atoms with Crippen LogP contribution in [0.5, 0.6) is 5.75 Å². The summed E-state index contributed by atoms with van der Waals surface area (Å²) in [6.45, 7) is 6.54. The quantitative estimate of drug-likeness (QED) is 0.615. The summed E-state index contributed by atoms with van der Waals surface area (Å²) in [6.07, 6.45) is 3.34. The van der Waals surface area contributed by atoms with Gasteiger partial charge in [0.2, 0.25) is 5.91 Å². The molecule has 1 fully saturated rings. The molecule has 2 aromatic heterocycles. The fraction of sp³-hybridized carbons (Fsp3) is 0.435. The van der Waals surface area contributed by atoms with Gasteiger partial charge in [-0.25, -0.2) is 9.97 Å². The van der Waals surface area contributed by atoms with Crippen molar-refractivity contribution in [3.63, 3.8) is 0 Å². The molecule has 1 aromatic carbocycles. The lowest BCUT2D eigenvalue weighted by Gasteiger charge is -2.34. The number of carbonyl (C=O) groups is 1. The summed E-state index contributed by atoms with van der Waals surface area (Å²) < 4.78 is 5.29. The van der Waals surface area contributed by atoms with Gasteiger partial charge >= 0.3 is 0 Å². The van der Waals surface area contributed by atoms with Crippen molar-refractivity contribution in [1.29, 1.82) is 0 Å². The van der Waals surface area contributed by atoms with E-state index >= 15 is 0 Å². The van der Waals surface area contributed by atoms with Crippen molar-refractivity contribution < 1.29 is 9.53 Å². The van der Waals surface area contributed by atoms with Gasteiger partial charge in [-0.2, -0.15) is 0 Å². The molecule has 0 radical (unpaired) electrons. The number of piperidine rings is 1. The highest BCUT2D eigenvalue weighted by Crippen LogP contribution is 2.35. The Balaban J connectivity index is 1.41. The van der Waals surface area contributed by atoms with Crippen LogP contribution in [-0.4, -0.2) is 48.0 Å². The van der Waals surface area contributed by atoms with Gasteiger partial charge in [-0.15, -0.1) is 11.3 Å². The Kier molecular flexibility index (Phi) is 5.90. The number of hydrogen-bond donors (Lipinski definition) is 0. The summed E-state index contributed by atoms with van der Waals surface area (Å²) in [5, 5.41) is 1.17. The predicted octanol–water partition coefficient (Wildman–Crippen LogP) is 4.19. The number of fused-ring (bicyclic) bond motifs is 1. The zero-order valence-electron chi connectivity index (χ0n) is 18.0. The Labute approximate surface area is 181 Å². The number of ether oxygens (including phenoxy) is 1. The maximum Gasteiger partial charge on any atom is 0.225 e. The van der Waals surface area contributed by atoms with Gasteiger partial charge in [0.25, 0.3) is 0 Å². The van der Waals surface area contributed by atoms with E-state index in [2.05, 4.69) is 28.7 Å². The molecule has 0 unspecified atom stereocenters. The van der Waals surface area contributed by atoms with Crippen LogP contribution in [0.2, 0.25) is 0 Å². The highest BCUT2D eigenvalue weighted by molar-refractivity contribution is 7.18. The van der Waals surface area contributed by atoms with Gasteiger partial charge in [0.15, 0.2) is 0 Å². The average molecular weight is 425 g/mol. The molecule has 0 spiro atoms. The van der Waals surface area contributed by atoms with E-state index in [-0.39, 0.29) is 11.8 Å². The van der Waals surface area contributed by atoms with Gasteiger partial charge in [0.1, 0.15) is 22.7 Å². The van der Waals surface area contributed by atoms with Crippen LogP contribution in [0.15, 0.2) is 30.6 Å². The zero-order chi connectivity index (χ0) is 21.3. The lowest BCUT2D eigenvalue weighted by molar-refractivity contribution is -0.135. The van der Waals surface area contributed by atoms with Crippen LogP contribution in [0.4, 0.5) is 5.82 Å². The van der Waals surface area contributed by atoms with Crippen molar-refractivity contribution in [2.24, 2.45) is 5.92 Å². The maximum absolute atomic E-state index is 13.0. The van der Waals surface area contributed by atoms with E-state index < -0.39 is 0 Å². The number of anilines is 1. The van der Waals surface area contributed by atoms with E-state index in [1.165, 1.54) is 15.8 Å². The van der Waals surface area contributed by atoms with E-state index in [0.717, 1.165) is 47.9 Å². The SMILES string of the molecule is COc1cccc(CN(C)C(=O)C2CCN(c3ncnc4sc(C)c(C)c34)CC2)c1. The number of aryl methyl sites for hydroxylation is 2. The van der Waals surface area contributed by atoms with Gasteiger partial charge in [-0.05, 0) is 49.9 Å². The third-order valence-corrected chi connectivity index (χ3v) is 7.13. The number of aromatic nitrogens is 2. The molecule has 3 heterocycles. The van der Waals surface area contributed by atoms with Crippen molar-refractivity contribution in [2.75, 3.05) is 32.1 Å².